The van der Waals surface area contributed by atoms with Crippen molar-refractivity contribution in [2.75, 3.05) is 5.32 Å². The third-order valence-electron chi connectivity index (χ3n) is 1.65. The fraction of sp³-hybridized carbons (Fsp3) is 0.125. The molecule has 2 aromatic rings. The normalized spacial score (nSPS) is 10.1. The van der Waals surface area contributed by atoms with Crippen molar-refractivity contribution in [2.24, 2.45) is 0 Å². The third kappa shape index (κ3) is 2.03. The smallest absolute Gasteiger partial charge is 0.217 e. The van der Waals surface area contributed by atoms with E-state index in [1.54, 1.807) is 6.20 Å². The summed E-state index contributed by atoms with van der Waals surface area (Å²) in [6.45, 7) is 0.524. The lowest BCUT2D eigenvalue weighted by Crippen LogP contribution is -2.02. The topological polar surface area (TPSA) is 66.5 Å². The molecule has 2 heterocycles. The van der Waals surface area contributed by atoms with E-state index in [1.165, 1.54) is 12.4 Å². The van der Waals surface area contributed by atoms with Crippen LogP contribution < -0.4 is 5.32 Å². The van der Waals surface area contributed by atoms with E-state index in [1.807, 2.05) is 6.07 Å². The molecular weight excluding hydrogens is 185 g/mol. The van der Waals surface area contributed by atoms with Crippen molar-refractivity contribution in [1.82, 2.24) is 20.2 Å². The Hall–Kier alpha value is -1.98. The van der Waals surface area contributed by atoms with Crippen LogP contribution in [0.1, 0.15) is 5.69 Å². The molecule has 0 aliphatic carbocycles. The number of aromatic amines is 1. The molecule has 2 aromatic heterocycles. The number of rotatable bonds is 3. The van der Waals surface area contributed by atoms with Crippen molar-refractivity contribution in [1.29, 1.82) is 0 Å². The number of nitrogens with one attached hydrogen (secondary N) is 2. The van der Waals surface area contributed by atoms with E-state index >= 15 is 0 Å². The number of anilines is 1. The van der Waals surface area contributed by atoms with E-state index in [9.17, 15) is 4.39 Å². The molecule has 0 radical (unpaired) electrons. The van der Waals surface area contributed by atoms with Crippen LogP contribution >= 0.6 is 0 Å². The van der Waals surface area contributed by atoms with Crippen LogP contribution in [0.3, 0.4) is 0 Å². The summed E-state index contributed by atoms with van der Waals surface area (Å²) in [5, 5.41) is 9.48. The van der Waals surface area contributed by atoms with Gasteiger partial charge in [0.05, 0.1) is 12.2 Å². The zero-order valence-electron chi connectivity index (χ0n) is 7.24. The number of hydrogen-bond acceptors (Lipinski definition) is 4. The molecule has 14 heavy (non-hydrogen) atoms. The zero-order valence-corrected chi connectivity index (χ0v) is 7.24. The molecule has 0 aliphatic heterocycles. The van der Waals surface area contributed by atoms with Crippen molar-refractivity contribution in [3.05, 3.63) is 36.3 Å². The minimum atomic E-state index is -0.549. The maximum Gasteiger partial charge on any atom is 0.217 e. The molecule has 5 nitrogen and oxygen atoms in total. The number of aromatic nitrogens is 4. The Labute approximate surface area is 79.4 Å². The SMILES string of the molecule is Fc1cc(NCc2ccn[nH]2)ncn1. The second-order valence-electron chi connectivity index (χ2n) is 2.66. The molecule has 0 unspecified atom stereocenters. The van der Waals surface area contributed by atoms with Crippen LogP contribution in [-0.2, 0) is 6.54 Å². The fourth-order valence-corrected chi connectivity index (χ4v) is 0.999. The third-order valence-corrected chi connectivity index (χ3v) is 1.65. The maximum atomic E-state index is 12.6. The average Bonchev–Trinajstić information content (AvgIpc) is 2.67. The van der Waals surface area contributed by atoms with Crippen LogP contribution in [0, 0.1) is 5.95 Å². The zero-order chi connectivity index (χ0) is 9.80. The lowest BCUT2D eigenvalue weighted by molar-refractivity contribution is 0.580. The van der Waals surface area contributed by atoms with Crippen molar-refractivity contribution >= 4 is 5.82 Å². The first-order chi connectivity index (χ1) is 6.84. The predicted octanol–water partition coefficient (Wildman–Crippen LogP) is 0.951. The van der Waals surface area contributed by atoms with E-state index in [2.05, 4.69) is 25.5 Å². The van der Waals surface area contributed by atoms with Gasteiger partial charge in [0.25, 0.3) is 0 Å². The van der Waals surface area contributed by atoms with Gasteiger partial charge in [-0.3, -0.25) is 5.10 Å². The molecule has 2 rings (SSSR count). The molecule has 0 fully saturated rings. The molecular formula is C8H8FN5. The van der Waals surface area contributed by atoms with Gasteiger partial charge in [-0.2, -0.15) is 9.49 Å². The minimum Gasteiger partial charge on any atom is -0.364 e. The van der Waals surface area contributed by atoms with Gasteiger partial charge in [-0.15, -0.1) is 0 Å². The van der Waals surface area contributed by atoms with Crippen LogP contribution in [0.25, 0.3) is 0 Å². The highest BCUT2D eigenvalue weighted by molar-refractivity contribution is 5.32. The summed E-state index contributed by atoms with van der Waals surface area (Å²) in [6.07, 6.45) is 2.82. The quantitative estimate of drug-likeness (QED) is 0.712. The molecule has 0 aromatic carbocycles. The highest BCUT2D eigenvalue weighted by Gasteiger charge is 1.97. The van der Waals surface area contributed by atoms with Crippen molar-refractivity contribution < 1.29 is 4.39 Å². The lowest BCUT2D eigenvalue weighted by Gasteiger charge is -2.02. The summed E-state index contributed by atoms with van der Waals surface area (Å²) >= 11 is 0. The maximum absolute atomic E-state index is 12.6. The Morgan fingerprint density at radius 2 is 2.36 bits per heavy atom. The molecule has 0 saturated carbocycles. The average molecular weight is 193 g/mol. The van der Waals surface area contributed by atoms with Gasteiger partial charge < -0.3 is 5.32 Å². The first-order valence-corrected chi connectivity index (χ1v) is 4.04. The number of H-pyrrole nitrogens is 1. The number of nitrogens with zero attached hydrogens (tertiary/aromatic N) is 3. The van der Waals surface area contributed by atoms with Crippen molar-refractivity contribution in [2.45, 2.75) is 6.54 Å². The molecule has 6 heteroatoms. The summed E-state index contributed by atoms with van der Waals surface area (Å²) in [4.78, 5) is 7.19. The second-order valence-corrected chi connectivity index (χ2v) is 2.66. The predicted molar refractivity (Wildman–Crippen MR) is 47.9 cm³/mol. The lowest BCUT2D eigenvalue weighted by atomic mass is 10.4. The number of halogens is 1. The van der Waals surface area contributed by atoms with Gasteiger partial charge >= 0.3 is 0 Å². The summed E-state index contributed by atoms with van der Waals surface area (Å²) in [5.74, 6) is -0.0980. The molecule has 0 spiro atoms. The van der Waals surface area contributed by atoms with E-state index in [0.29, 0.717) is 12.4 Å². The monoisotopic (exact) mass is 193 g/mol. The molecule has 0 aliphatic rings. The minimum absolute atomic E-state index is 0.451. The van der Waals surface area contributed by atoms with Crippen LogP contribution in [0.2, 0.25) is 0 Å². The molecule has 72 valence electrons. The first kappa shape index (κ1) is 8.61. The van der Waals surface area contributed by atoms with Crippen LogP contribution in [0.15, 0.2) is 24.7 Å². The molecule has 2 N–H and O–H groups in total. The van der Waals surface area contributed by atoms with E-state index in [0.717, 1.165) is 5.69 Å². The Morgan fingerprint density at radius 3 is 3.07 bits per heavy atom. The molecule has 0 atom stereocenters. The first-order valence-electron chi connectivity index (χ1n) is 4.04. The van der Waals surface area contributed by atoms with Crippen LogP contribution in [0.5, 0.6) is 0 Å². The molecule has 0 saturated heterocycles. The standard InChI is InChI=1S/C8H8FN5/c9-7-3-8(12-5-11-7)10-4-6-1-2-13-14-6/h1-3,5H,4H2,(H,13,14)(H,10,11,12). The highest BCUT2D eigenvalue weighted by atomic mass is 19.1. The van der Waals surface area contributed by atoms with E-state index in [4.69, 9.17) is 0 Å². The van der Waals surface area contributed by atoms with Crippen molar-refractivity contribution in [3.63, 3.8) is 0 Å². The summed E-state index contributed by atoms with van der Waals surface area (Å²) in [7, 11) is 0. The Bertz CT molecular complexity index is 400. The van der Waals surface area contributed by atoms with Gasteiger partial charge in [0.2, 0.25) is 5.95 Å². The van der Waals surface area contributed by atoms with Crippen LogP contribution in [0.4, 0.5) is 10.2 Å². The Balaban J connectivity index is 1.98. The van der Waals surface area contributed by atoms with Gasteiger partial charge in [-0.1, -0.05) is 0 Å². The van der Waals surface area contributed by atoms with Gasteiger partial charge in [0.1, 0.15) is 12.1 Å². The highest BCUT2D eigenvalue weighted by Crippen LogP contribution is 2.03. The number of hydrogen-bond donors (Lipinski definition) is 2. The Morgan fingerprint density at radius 1 is 1.43 bits per heavy atom. The summed E-state index contributed by atoms with van der Waals surface area (Å²) in [5.41, 5.74) is 0.907. The second kappa shape index (κ2) is 3.82. The van der Waals surface area contributed by atoms with E-state index in [-0.39, 0.29) is 0 Å². The Kier molecular flexibility index (Phi) is 2.35. The van der Waals surface area contributed by atoms with E-state index < -0.39 is 5.95 Å². The van der Waals surface area contributed by atoms with Gasteiger partial charge in [0, 0.05) is 12.3 Å². The summed E-state index contributed by atoms with van der Waals surface area (Å²) < 4.78 is 12.6. The largest absolute Gasteiger partial charge is 0.364 e. The van der Waals surface area contributed by atoms with Gasteiger partial charge in [-0.05, 0) is 6.07 Å². The van der Waals surface area contributed by atoms with Gasteiger partial charge in [-0.25, -0.2) is 9.97 Å². The molecule has 0 amide bonds. The summed E-state index contributed by atoms with van der Waals surface area (Å²) in [6, 6.07) is 3.06. The van der Waals surface area contributed by atoms with Crippen LogP contribution in [-0.4, -0.2) is 20.2 Å². The van der Waals surface area contributed by atoms with Crippen molar-refractivity contribution in [3.8, 4) is 0 Å². The molecule has 0 bridgehead atoms. The van der Waals surface area contributed by atoms with Gasteiger partial charge in [0.15, 0.2) is 0 Å². The fourth-order valence-electron chi connectivity index (χ4n) is 0.999.